The fourth-order valence-electron chi connectivity index (χ4n) is 2.09. The van der Waals surface area contributed by atoms with E-state index in [1.54, 1.807) is 10.9 Å². The van der Waals surface area contributed by atoms with Crippen LogP contribution in [0.15, 0.2) is 18.6 Å². The van der Waals surface area contributed by atoms with Crippen LogP contribution in [0.2, 0.25) is 0 Å². The van der Waals surface area contributed by atoms with Crippen molar-refractivity contribution in [2.24, 2.45) is 7.05 Å². The number of anilines is 1. The largest absolute Gasteiger partial charge is 0.432 e. The molecule has 0 fully saturated rings. The number of nitrogens with zero attached hydrogens (tertiary/aromatic N) is 5. The number of nitrogens with one attached hydrogen (secondary N) is 1. The van der Waals surface area contributed by atoms with Crippen LogP contribution >= 0.6 is 0 Å². The second-order valence-electron chi connectivity index (χ2n) is 4.57. The highest BCUT2D eigenvalue weighted by Crippen LogP contribution is 2.29. The molecule has 0 aromatic carbocycles. The average molecular weight is 272 g/mol. The van der Waals surface area contributed by atoms with E-state index in [-0.39, 0.29) is 0 Å². The lowest BCUT2D eigenvalue weighted by Crippen LogP contribution is -2.00. The van der Waals surface area contributed by atoms with Gasteiger partial charge in [0.15, 0.2) is 5.75 Å². The summed E-state index contributed by atoms with van der Waals surface area (Å²) in [5, 5.41) is 7.35. The minimum absolute atomic E-state index is 0.459. The van der Waals surface area contributed by atoms with Gasteiger partial charge in [-0.05, 0) is 13.8 Å². The number of aromatic nitrogens is 5. The maximum Gasteiger partial charge on any atom is 0.265 e. The zero-order valence-electron chi connectivity index (χ0n) is 11.9. The van der Waals surface area contributed by atoms with Crippen molar-refractivity contribution >= 4 is 11.5 Å². The van der Waals surface area contributed by atoms with Crippen LogP contribution in [0.1, 0.15) is 11.4 Å². The summed E-state index contributed by atoms with van der Waals surface area (Å²) in [5.74, 6) is 1.89. The van der Waals surface area contributed by atoms with Crippen LogP contribution < -0.4 is 10.1 Å². The first-order valence-corrected chi connectivity index (χ1v) is 6.29. The van der Waals surface area contributed by atoms with Crippen molar-refractivity contribution in [3.05, 3.63) is 30.0 Å². The van der Waals surface area contributed by atoms with Gasteiger partial charge in [-0.15, -0.1) is 0 Å². The maximum atomic E-state index is 5.96. The lowest BCUT2D eigenvalue weighted by molar-refractivity contribution is 0.458. The third kappa shape index (κ3) is 1.87. The Morgan fingerprint density at radius 1 is 1.30 bits per heavy atom. The molecule has 0 unspecified atom stereocenters. The first kappa shape index (κ1) is 12.5. The SMILES string of the molecule is CNc1cn2ccnc2c(Oc2c(C)nn(C)c2C)n1. The predicted molar refractivity (Wildman–Crippen MR) is 75.3 cm³/mol. The van der Waals surface area contributed by atoms with Crippen LogP contribution in [0.5, 0.6) is 11.6 Å². The molecule has 1 N–H and O–H groups in total. The van der Waals surface area contributed by atoms with E-state index < -0.39 is 0 Å². The monoisotopic (exact) mass is 272 g/mol. The van der Waals surface area contributed by atoms with Crippen LogP contribution in [0.3, 0.4) is 0 Å². The molecule has 0 spiro atoms. The number of ether oxygens (including phenoxy) is 1. The molecule has 104 valence electrons. The molecule has 3 heterocycles. The standard InChI is InChI=1S/C13H16N6O/c1-8-11(9(2)18(4)17-8)20-13-12-15-5-6-19(12)7-10(14-3)16-13/h5-7,14H,1-4H3. The van der Waals surface area contributed by atoms with Gasteiger partial charge in [-0.2, -0.15) is 10.1 Å². The highest BCUT2D eigenvalue weighted by atomic mass is 16.5. The molecule has 7 nitrogen and oxygen atoms in total. The summed E-state index contributed by atoms with van der Waals surface area (Å²) in [6, 6.07) is 0. The smallest absolute Gasteiger partial charge is 0.265 e. The summed E-state index contributed by atoms with van der Waals surface area (Å²) in [4.78, 5) is 8.70. The Balaban J connectivity index is 2.12. The molecule has 0 aliphatic heterocycles. The van der Waals surface area contributed by atoms with Gasteiger partial charge >= 0.3 is 0 Å². The Kier molecular flexibility index (Phi) is 2.81. The van der Waals surface area contributed by atoms with Crippen molar-refractivity contribution in [2.45, 2.75) is 13.8 Å². The molecule has 7 heteroatoms. The lowest BCUT2D eigenvalue weighted by Gasteiger charge is -2.08. The molecule has 0 aliphatic rings. The second-order valence-corrected chi connectivity index (χ2v) is 4.57. The van der Waals surface area contributed by atoms with E-state index in [1.165, 1.54) is 0 Å². The Hall–Kier alpha value is -2.57. The van der Waals surface area contributed by atoms with Gasteiger partial charge in [0.1, 0.15) is 11.5 Å². The van der Waals surface area contributed by atoms with Gasteiger partial charge in [-0.25, -0.2) is 4.98 Å². The van der Waals surface area contributed by atoms with Gasteiger partial charge in [0.05, 0.1) is 11.9 Å². The zero-order chi connectivity index (χ0) is 14.3. The predicted octanol–water partition coefficient (Wildman–Crippen LogP) is 1.91. The van der Waals surface area contributed by atoms with Crippen molar-refractivity contribution in [1.29, 1.82) is 0 Å². The molecule has 3 aromatic heterocycles. The Labute approximate surface area is 116 Å². The molecule has 0 atom stereocenters. The summed E-state index contributed by atoms with van der Waals surface area (Å²) in [5.41, 5.74) is 2.45. The topological polar surface area (TPSA) is 69.3 Å². The average Bonchev–Trinajstić information content (AvgIpc) is 2.99. The molecule has 0 radical (unpaired) electrons. The fourth-order valence-corrected chi connectivity index (χ4v) is 2.09. The van der Waals surface area contributed by atoms with Gasteiger partial charge in [0, 0.05) is 26.5 Å². The molecule has 0 amide bonds. The Bertz CT molecular complexity index is 773. The number of rotatable bonds is 3. The summed E-state index contributed by atoms with van der Waals surface area (Å²) >= 11 is 0. The van der Waals surface area contributed by atoms with Crippen LogP contribution in [0.25, 0.3) is 5.65 Å². The van der Waals surface area contributed by atoms with E-state index >= 15 is 0 Å². The van der Waals surface area contributed by atoms with Gasteiger partial charge in [-0.1, -0.05) is 0 Å². The van der Waals surface area contributed by atoms with Crippen LogP contribution in [-0.2, 0) is 7.05 Å². The molecule has 3 aromatic rings. The van der Waals surface area contributed by atoms with Crippen molar-refractivity contribution < 1.29 is 4.74 Å². The van der Waals surface area contributed by atoms with Gasteiger partial charge in [0.2, 0.25) is 5.65 Å². The van der Waals surface area contributed by atoms with Crippen LogP contribution in [0.4, 0.5) is 5.82 Å². The molecule has 0 saturated heterocycles. The summed E-state index contributed by atoms with van der Waals surface area (Å²) in [7, 11) is 3.70. The van der Waals surface area contributed by atoms with Crippen molar-refractivity contribution in [2.75, 3.05) is 12.4 Å². The van der Waals surface area contributed by atoms with Crippen molar-refractivity contribution in [3.8, 4) is 11.6 Å². The molecule has 3 rings (SSSR count). The summed E-state index contributed by atoms with van der Waals surface area (Å²) in [6.45, 7) is 3.87. The quantitative estimate of drug-likeness (QED) is 0.788. The van der Waals surface area contributed by atoms with Gasteiger partial charge in [-0.3, -0.25) is 9.08 Å². The first-order valence-electron chi connectivity index (χ1n) is 6.29. The molecular formula is C13H16N6O. The van der Waals surface area contributed by atoms with Gasteiger partial charge < -0.3 is 10.1 Å². The molecular weight excluding hydrogens is 256 g/mol. The third-order valence-electron chi connectivity index (χ3n) is 3.24. The van der Waals surface area contributed by atoms with Crippen molar-refractivity contribution in [1.82, 2.24) is 24.1 Å². The van der Waals surface area contributed by atoms with E-state index in [0.717, 1.165) is 17.1 Å². The van der Waals surface area contributed by atoms with Crippen molar-refractivity contribution in [3.63, 3.8) is 0 Å². The number of hydrogen-bond acceptors (Lipinski definition) is 5. The Morgan fingerprint density at radius 2 is 2.10 bits per heavy atom. The first-order chi connectivity index (χ1) is 9.60. The van der Waals surface area contributed by atoms with Gasteiger partial charge in [0.25, 0.3) is 5.88 Å². The van der Waals surface area contributed by atoms with E-state index in [9.17, 15) is 0 Å². The zero-order valence-corrected chi connectivity index (χ0v) is 11.9. The normalized spacial score (nSPS) is 11.0. The number of hydrogen-bond donors (Lipinski definition) is 1. The molecule has 0 bridgehead atoms. The number of imidazole rings is 1. The lowest BCUT2D eigenvalue weighted by atomic mass is 10.3. The summed E-state index contributed by atoms with van der Waals surface area (Å²) < 4.78 is 9.61. The van der Waals surface area contributed by atoms with E-state index in [4.69, 9.17) is 4.74 Å². The fraction of sp³-hybridized carbons (Fsp3) is 0.308. The van der Waals surface area contributed by atoms with E-state index in [0.29, 0.717) is 17.3 Å². The minimum Gasteiger partial charge on any atom is -0.432 e. The highest BCUT2D eigenvalue weighted by molar-refractivity contribution is 5.55. The second kappa shape index (κ2) is 4.52. The maximum absolute atomic E-state index is 5.96. The Morgan fingerprint density at radius 3 is 2.75 bits per heavy atom. The highest BCUT2D eigenvalue weighted by Gasteiger charge is 2.16. The van der Waals surface area contributed by atoms with Crippen LogP contribution in [0, 0.1) is 13.8 Å². The van der Waals surface area contributed by atoms with E-state index in [2.05, 4.69) is 20.4 Å². The number of fused-ring (bicyclic) bond motifs is 1. The van der Waals surface area contributed by atoms with Crippen LogP contribution in [-0.4, -0.2) is 31.2 Å². The molecule has 0 aliphatic carbocycles. The number of aryl methyl sites for hydroxylation is 2. The minimum atomic E-state index is 0.459. The summed E-state index contributed by atoms with van der Waals surface area (Å²) in [6.07, 6.45) is 5.43. The molecule has 0 saturated carbocycles. The third-order valence-corrected chi connectivity index (χ3v) is 3.24. The van der Waals surface area contributed by atoms with E-state index in [1.807, 2.05) is 44.7 Å². The molecule has 20 heavy (non-hydrogen) atoms.